The molecule has 3 aromatic rings. The van der Waals surface area contributed by atoms with Gasteiger partial charge in [0.15, 0.2) is 0 Å². The number of benzene rings is 2. The number of aromatic carboxylic acids is 1. The predicted octanol–water partition coefficient (Wildman–Crippen LogP) is 4.57. The lowest BCUT2D eigenvalue weighted by atomic mass is 10.0. The van der Waals surface area contributed by atoms with Crippen molar-refractivity contribution in [1.29, 1.82) is 0 Å². The van der Waals surface area contributed by atoms with Crippen molar-refractivity contribution in [3.8, 4) is 11.1 Å². The molecular weight excluding hydrogens is 256 g/mol. The molecular formula is C16H12O2S. The molecule has 0 aliphatic heterocycles. The van der Waals surface area contributed by atoms with Crippen LogP contribution in [0.25, 0.3) is 21.2 Å². The van der Waals surface area contributed by atoms with E-state index in [1.54, 1.807) is 6.07 Å². The Kier molecular flexibility index (Phi) is 2.84. The van der Waals surface area contributed by atoms with E-state index in [1.807, 2.05) is 18.2 Å². The quantitative estimate of drug-likeness (QED) is 0.739. The molecule has 1 aromatic heterocycles. The van der Waals surface area contributed by atoms with E-state index in [-0.39, 0.29) is 0 Å². The number of aryl methyl sites for hydroxylation is 1. The molecule has 0 spiro atoms. The Morgan fingerprint density at radius 1 is 1.11 bits per heavy atom. The van der Waals surface area contributed by atoms with Gasteiger partial charge in [0, 0.05) is 4.70 Å². The first kappa shape index (κ1) is 11.9. The van der Waals surface area contributed by atoms with Gasteiger partial charge in [-0.15, -0.1) is 11.3 Å². The van der Waals surface area contributed by atoms with E-state index in [0.29, 0.717) is 4.88 Å². The maximum Gasteiger partial charge on any atom is 0.345 e. The van der Waals surface area contributed by atoms with E-state index in [9.17, 15) is 4.79 Å². The third-order valence-electron chi connectivity index (χ3n) is 3.12. The Hall–Kier alpha value is -2.13. The van der Waals surface area contributed by atoms with Crippen molar-refractivity contribution < 1.29 is 9.90 Å². The molecule has 2 nitrogen and oxygen atoms in total. The summed E-state index contributed by atoms with van der Waals surface area (Å²) >= 11 is 1.33. The van der Waals surface area contributed by atoms with Crippen LogP contribution < -0.4 is 0 Å². The monoisotopic (exact) mass is 268 g/mol. The van der Waals surface area contributed by atoms with Crippen LogP contribution in [0, 0.1) is 6.92 Å². The number of thiophene rings is 1. The molecule has 1 N–H and O–H groups in total. The van der Waals surface area contributed by atoms with Gasteiger partial charge in [0.05, 0.1) is 0 Å². The number of rotatable bonds is 2. The van der Waals surface area contributed by atoms with Crippen molar-refractivity contribution in [2.45, 2.75) is 6.92 Å². The summed E-state index contributed by atoms with van der Waals surface area (Å²) < 4.78 is 1.03. The molecule has 0 amide bonds. The second-order valence-electron chi connectivity index (χ2n) is 4.51. The molecule has 0 radical (unpaired) electrons. The summed E-state index contributed by atoms with van der Waals surface area (Å²) in [6.07, 6.45) is 0. The van der Waals surface area contributed by atoms with Crippen LogP contribution >= 0.6 is 11.3 Å². The van der Waals surface area contributed by atoms with Crippen molar-refractivity contribution in [3.63, 3.8) is 0 Å². The van der Waals surface area contributed by atoms with Gasteiger partial charge in [-0.05, 0) is 29.5 Å². The summed E-state index contributed by atoms with van der Waals surface area (Å²) in [5, 5.41) is 10.1. The first-order valence-corrected chi connectivity index (χ1v) is 6.80. The van der Waals surface area contributed by atoms with E-state index >= 15 is 0 Å². The fourth-order valence-electron chi connectivity index (χ4n) is 2.13. The first-order valence-electron chi connectivity index (χ1n) is 5.98. The van der Waals surface area contributed by atoms with Gasteiger partial charge < -0.3 is 5.11 Å². The SMILES string of the molecule is Cc1ccc(-c2cccc3cc(C(=O)O)sc23)cc1. The van der Waals surface area contributed by atoms with Gasteiger partial charge in [-0.25, -0.2) is 4.79 Å². The fourth-order valence-corrected chi connectivity index (χ4v) is 3.16. The zero-order valence-corrected chi connectivity index (χ0v) is 11.2. The van der Waals surface area contributed by atoms with Gasteiger partial charge in [0.2, 0.25) is 0 Å². The van der Waals surface area contributed by atoms with Crippen molar-refractivity contribution in [2.75, 3.05) is 0 Å². The first-order chi connectivity index (χ1) is 9.15. The van der Waals surface area contributed by atoms with Crippen LogP contribution in [0.3, 0.4) is 0 Å². The number of hydrogen-bond acceptors (Lipinski definition) is 2. The number of carboxylic acid groups (broad SMARTS) is 1. The van der Waals surface area contributed by atoms with Gasteiger partial charge in [-0.3, -0.25) is 0 Å². The van der Waals surface area contributed by atoms with Crippen LogP contribution in [0.2, 0.25) is 0 Å². The summed E-state index contributed by atoms with van der Waals surface area (Å²) in [6, 6.07) is 16.0. The molecule has 0 aliphatic rings. The van der Waals surface area contributed by atoms with E-state index in [0.717, 1.165) is 21.2 Å². The zero-order valence-electron chi connectivity index (χ0n) is 10.4. The molecule has 3 rings (SSSR count). The third kappa shape index (κ3) is 2.13. The Bertz CT molecular complexity index is 754. The number of carbonyl (C=O) groups is 1. The lowest BCUT2D eigenvalue weighted by molar-refractivity contribution is 0.0702. The van der Waals surface area contributed by atoms with Crippen LogP contribution in [0.1, 0.15) is 15.2 Å². The van der Waals surface area contributed by atoms with E-state index in [4.69, 9.17) is 5.11 Å². The standard InChI is InChI=1S/C16H12O2S/c1-10-5-7-11(8-6-10)13-4-2-3-12-9-14(16(17)18)19-15(12)13/h2-9H,1H3,(H,17,18). The van der Waals surface area contributed by atoms with Crippen LogP contribution in [-0.2, 0) is 0 Å². The van der Waals surface area contributed by atoms with Crippen LogP contribution in [0.15, 0.2) is 48.5 Å². The molecule has 3 heteroatoms. The average molecular weight is 268 g/mol. The highest BCUT2D eigenvalue weighted by atomic mass is 32.1. The Morgan fingerprint density at radius 2 is 1.84 bits per heavy atom. The van der Waals surface area contributed by atoms with E-state index in [2.05, 4.69) is 31.2 Å². The Morgan fingerprint density at radius 3 is 2.53 bits per heavy atom. The second-order valence-corrected chi connectivity index (χ2v) is 5.56. The summed E-state index contributed by atoms with van der Waals surface area (Å²) in [5.41, 5.74) is 3.43. The third-order valence-corrected chi connectivity index (χ3v) is 4.29. The molecule has 94 valence electrons. The Labute approximate surface area is 114 Å². The molecule has 0 saturated carbocycles. The predicted molar refractivity (Wildman–Crippen MR) is 79.0 cm³/mol. The second kappa shape index (κ2) is 4.52. The fraction of sp³-hybridized carbons (Fsp3) is 0.0625. The number of fused-ring (bicyclic) bond motifs is 1. The van der Waals surface area contributed by atoms with Gasteiger partial charge in [0.25, 0.3) is 0 Å². The Balaban J connectivity index is 2.23. The molecule has 1 heterocycles. The van der Waals surface area contributed by atoms with Crippen LogP contribution in [0.4, 0.5) is 0 Å². The van der Waals surface area contributed by atoms with Gasteiger partial charge in [0.1, 0.15) is 4.88 Å². The molecule has 2 aromatic carbocycles. The lowest BCUT2D eigenvalue weighted by Gasteiger charge is -2.03. The zero-order chi connectivity index (χ0) is 13.4. The average Bonchev–Trinajstić information content (AvgIpc) is 2.83. The maximum atomic E-state index is 11.1. The largest absolute Gasteiger partial charge is 0.477 e. The molecule has 19 heavy (non-hydrogen) atoms. The van der Waals surface area contributed by atoms with Gasteiger partial charge >= 0.3 is 5.97 Å². The molecule has 0 unspecified atom stereocenters. The molecule has 0 bridgehead atoms. The van der Waals surface area contributed by atoms with Crippen molar-refractivity contribution in [3.05, 3.63) is 59.0 Å². The van der Waals surface area contributed by atoms with Gasteiger partial charge in [-0.1, -0.05) is 48.0 Å². The maximum absolute atomic E-state index is 11.1. The smallest absolute Gasteiger partial charge is 0.345 e. The number of hydrogen-bond donors (Lipinski definition) is 1. The minimum absolute atomic E-state index is 0.384. The minimum atomic E-state index is -0.865. The van der Waals surface area contributed by atoms with Crippen LogP contribution in [0.5, 0.6) is 0 Å². The highest BCUT2D eigenvalue weighted by Crippen LogP contribution is 2.34. The molecule has 0 aliphatic carbocycles. The number of carboxylic acids is 1. The molecule has 0 fully saturated rings. The molecule has 0 atom stereocenters. The highest BCUT2D eigenvalue weighted by molar-refractivity contribution is 7.21. The molecule has 0 saturated heterocycles. The van der Waals surface area contributed by atoms with E-state index < -0.39 is 5.97 Å². The van der Waals surface area contributed by atoms with Crippen molar-refractivity contribution >= 4 is 27.4 Å². The van der Waals surface area contributed by atoms with E-state index in [1.165, 1.54) is 16.9 Å². The summed E-state index contributed by atoms with van der Waals surface area (Å²) in [4.78, 5) is 11.5. The topological polar surface area (TPSA) is 37.3 Å². The van der Waals surface area contributed by atoms with Crippen LogP contribution in [-0.4, -0.2) is 11.1 Å². The summed E-state index contributed by atoms with van der Waals surface area (Å²) in [6.45, 7) is 2.05. The lowest BCUT2D eigenvalue weighted by Crippen LogP contribution is -1.89. The summed E-state index contributed by atoms with van der Waals surface area (Å²) in [5.74, 6) is -0.865. The normalized spacial score (nSPS) is 10.8. The minimum Gasteiger partial charge on any atom is -0.477 e. The summed E-state index contributed by atoms with van der Waals surface area (Å²) in [7, 11) is 0. The van der Waals surface area contributed by atoms with Crippen molar-refractivity contribution in [1.82, 2.24) is 0 Å². The van der Waals surface area contributed by atoms with Gasteiger partial charge in [-0.2, -0.15) is 0 Å². The van der Waals surface area contributed by atoms with Crippen molar-refractivity contribution in [2.24, 2.45) is 0 Å². The highest BCUT2D eigenvalue weighted by Gasteiger charge is 2.11.